The third-order valence-corrected chi connectivity index (χ3v) is 1.40. The molecule has 0 spiro atoms. The Morgan fingerprint density at radius 1 is 1.33 bits per heavy atom. The average Bonchev–Trinajstić information content (AvgIpc) is 2.19. The predicted octanol–water partition coefficient (Wildman–Crippen LogP) is 2.77. The molecule has 0 aromatic heterocycles. The van der Waals surface area contributed by atoms with Gasteiger partial charge in [-0.3, -0.25) is 10.2 Å². The third-order valence-electron chi connectivity index (χ3n) is 1.40. The molecule has 1 rings (SSSR count). The van der Waals surface area contributed by atoms with Crippen LogP contribution in [0.5, 0.6) is 0 Å². The Balaban J connectivity index is 2.51. The number of rotatable bonds is 2. The van der Waals surface area contributed by atoms with Crippen LogP contribution in [-0.2, 0) is 4.84 Å². The van der Waals surface area contributed by atoms with Crippen molar-refractivity contribution < 1.29 is 14.0 Å². The topological polar surface area (TPSA) is 50.7 Å². The average molecular weight is 210 g/mol. The molecule has 0 unspecified atom stereocenters. The van der Waals surface area contributed by atoms with Gasteiger partial charge in [0, 0.05) is 5.69 Å². The highest BCUT2D eigenvalue weighted by Gasteiger charge is 2.02. The molecule has 0 heterocycles. The van der Waals surface area contributed by atoms with Gasteiger partial charge < -0.3 is 0 Å². The molecular weight excluding hydrogens is 199 g/mol. The van der Waals surface area contributed by atoms with Crippen LogP contribution in [0.2, 0.25) is 0 Å². The van der Waals surface area contributed by atoms with Crippen LogP contribution in [0.15, 0.2) is 29.4 Å². The van der Waals surface area contributed by atoms with Crippen LogP contribution in [0, 0.1) is 5.82 Å². The van der Waals surface area contributed by atoms with Crippen molar-refractivity contribution in [1.29, 1.82) is 0 Å². The summed E-state index contributed by atoms with van der Waals surface area (Å²) in [5, 5.41) is 5.86. The second-order valence-electron chi connectivity index (χ2n) is 3.05. The lowest BCUT2D eigenvalue weighted by molar-refractivity contribution is 0.166. The van der Waals surface area contributed by atoms with E-state index in [1.165, 1.54) is 24.3 Å². The fraction of sp³-hybridized carbons (Fsp3) is 0.200. The minimum absolute atomic E-state index is 0.364. The molecule has 1 aromatic rings. The minimum Gasteiger partial charge on any atom is -0.298 e. The zero-order chi connectivity index (χ0) is 11.3. The molecule has 0 fully saturated rings. The maximum absolute atomic E-state index is 12.5. The van der Waals surface area contributed by atoms with E-state index in [9.17, 15) is 9.18 Å². The number of amides is 1. The molecule has 1 aromatic carbocycles. The summed E-state index contributed by atoms with van der Waals surface area (Å²) in [6, 6.07) is 5.34. The van der Waals surface area contributed by atoms with Gasteiger partial charge in [0.25, 0.3) is 0 Å². The molecular formula is C10H11FN2O2. The Labute approximate surface area is 86.7 Å². The molecule has 0 aliphatic carbocycles. The van der Waals surface area contributed by atoms with Crippen molar-refractivity contribution in [2.24, 2.45) is 5.16 Å². The van der Waals surface area contributed by atoms with Gasteiger partial charge in [-0.25, -0.2) is 9.18 Å². The minimum atomic E-state index is -0.706. The molecule has 0 aliphatic heterocycles. The number of oxime groups is 1. The highest BCUT2D eigenvalue weighted by Crippen LogP contribution is 2.08. The fourth-order valence-corrected chi connectivity index (χ4v) is 0.807. The Morgan fingerprint density at radius 2 is 1.93 bits per heavy atom. The van der Waals surface area contributed by atoms with Crippen molar-refractivity contribution in [3.63, 3.8) is 0 Å². The Kier molecular flexibility index (Phi) is 3.79. The number of nitrogens with zero attached hydrogens (tertiary/aromatic N) is 1. The van der Waals surface area contributed by atoms with Crippen LogP contribution in [0.3, 0.4) is 0 Å². The monoisotopic (exact) mass is 210 g/mol. The summed E-state index contributed by atoms with van der Waals surface area (Å²) in [5.41, 5.74) is 1.08. The van der Waals surface area contributed by atoms with Crippen molar-refractivity contribution >= 4 is 17.5 Å². The van der Waals surface area contributed by atoms with E-state index in [-0.39, 0.29) is 5.82 Å². The number of nitrogens with one attached hydrogen (secondary N) is 1. The van der Waals surface area contributed by atoms with E-state index in [2.05, 4.69) is 15.3 Å². The van der Waals surface area contributed by atoms with E-state index in [1.54, 1.807) is 13.8 Å². The number of benzene rings is 1. The first-order chi connectivity index (χ1) is 7.08. The first-order valence-corrected chi connectivity index (χ1v) is 4.32. The Bertz CT molecular complexity index is 370. The second-order valence-corrected chi connectivity index (χ2v) is 3.05. The number of carbonyl (C=O) groups excluding carboxylic acids is 1. The van der Waals surface area contributed by atoms with Crippen LogP contribution in [0.4, 0.5) is 14.9 Å². The summed E-state index contributed by atoms with van der Waals surface area (Å²) >= 11 is 0. The van der Waals surface area contributed by atoms with E-state index >= 15 is 0 Å². The van der Waals surface area contributed by atoms with Crippen molar-refractivity contribution in [2.75, 3.05) is 5.32 Å². The summed E-state index contributed by atoms with van der Waals surface area (Å²) in [5.74, 6) is -0.364. The van der Waals surface area contributed by atoms with E-state index in [0.29, 0.717) is 11.4 Å². The van der Waals surface area contributed by atoms with Gasteiger partial charge in [-0.1, -0.05) is 5.16 Å². The Morgan fingerprint density at radius 3 is 2.47 bits per heavy atom. The smallest absolute Gasteiger partial charge is 0.298 e. The summed E-state index contributed by atoms with van der Waals surface area (Å²) < 4.78 is 12.5. The van der Waals surface area contributed by atoms with Crippen molar-refractivity contribution in [1.82, 2.24) is 0 Å². The lowest BCUT2D eigenvalue weighted by atomic mass is 10.3. The zero-order valence-corrected chi connectivity index (χ0v) is 8.45. The number of hydrogen-bond donors (Lipinski definition) is 1. The highest BCUT2D eigenvalue weighted by atomic mass is 19.1. The first-order valence-electron chi connectivity index (χ1n) is 4.32. The third kappa shape index (κ3) is 4.21. The van der Waals surface area contributed by atoms with Gasteiger partial charge in [0.15, 0.2) is 0 Å². The summed E-state index contributed by atoms with van der Waals surface area (Å²) in [4.78, 5) is 15.5. The number of hydrogen-bond acceptors (Lipinski definition) is 3. The molecule has 1 amide bonds. The van der Waals surface area contributed by atoms with E-state index in [1.807, 2.05) is 0 Å². The molecule has 0 saturated carbocycles. The normalized spacial score (nSPS) is 9.27. The van der Waals surface area contributed by atoms with Crippen LogP contribution >= 0.6 is 0 Å². The van der Waals surface area contributed by atoms with Gasteiger partial charge in [0.1, 0.15) is 5.82 Å². The summed E-state index contributed by atoms with van der Waals surface area (Å²) in [6.45, 7) is 3.40. The largest absolute Gasteiger partial charge is 0.437 e. The molecule has 80 valence electrons. The summed E-state index contributed by atoms with van der Waals surface area (Å²) in [6.07, 6.45) is -0.706. The highest BCUT2D eigenvalue weighted by molar-refractivity contribution is 5.85. The molecule has 5 heteroatoms. The SMILES string of the molecule is CC(C)=NOC(=O)Nc1ccc(F)cc1. The van der Waals surface area contributed by atoms with Crippen LogP contribution in [0.25, 0.3) is 0 Å². The fourth-order valence-electron chi connectivity index (χ4n) is 0.807. The molecule has 15 heavy (non-hydrogen) atoms. The van der Waals surface area contributed by atoms with Crippen molar-refractivity contribution in [2.45, 2.75) is 13.8 Å². The quantitative estimate of drug-likeness (QED) is 0.463. The number of carbonyl (C=O) groups is 1. The molecule has 1 N–H and O–H groups in total. The molecule has 0 saturated heterocycles. The maximum atomic E-state index is 12.5. The van der Waals surface area contributed by atoms with Gasteiger partial charge in [0.2, 0.25) is 0 Å². The molecule has 0 atom stereocenters. The standard InChI is InChI=1S/C10H11FN2O2/c1-7(2)13-15-10(14)12-9-5-3-8(11)4-6-9/h3-6H,1-2H3,(H,12,14). The van der Waals surface area contributed by atoms with Gasteiger partial charge in [-0.15, -0.1) is 0 Å². The van der Waals surface area contributed by atoms with Gasteiger partial charge in [-0.2, -0.15) is 0 Å². The predicted molar refractivity (Wildman–Crippen MR) is 55.3 cm³/mol. The number of halogens is 1. The lowest BCUT2D eigenvalue weighted by Crippen LogP contribution is -2.11. The zero-order valence-electron chi connectivity index (χ0n) is 8.45. The molecule has 0 aliphatic rings. The van der Waals surface area contributed by atoms with Crippen LogP contribution in [0.1, 0.15) is 13.8 Å². The molecule has 0 radical (unpaired) electrons. The van der Waals surface area contributed by atoms with Gasteiger partial charge >= 0.3 is 6.09 Å². The van der Waals surface area contributed by atoms with E-state index in [4.69, 9.17) is 0 Å². The van der Waals surface area contributed by atoms with Gasteiger partial charge in [-0.05, 0) is 38.1 Å². The number of anilines is 1. The lowest BCUT2D eigenvalue weighted by Gasteiger charge is -2.02. The van der Waals surface area contributed by atoms with Crippen molar-refractivity contribution in [3.05, 3.63) is 30.1 Å². The van der Waals surface area contributed by atoms with Crippen LogP contribution < -0.4 is 5.32 Å². The van der Waals surface area contributed by atoms with Gasteiger partial charge in [0.05, 0.1) is 5.71 Å². The summed E-state index contributed by atoms with van der Waals surface area (Å²) in [7, 11) is 0. The first kappa shape index (κ1) is 11.2. The Hall–Kier alpha value is -1.91. The second kappa shape index (κ2) is 5.09. The van der Waals surface area contributed by atoms with Crippen LogP contribution in [-0.4, -0.2) is 11.8 Å². The maximum Gasteiger partial charge on any atom is 0.437 e. The van der Waals surface area contributed by atoms with E-state index in [0.717, 1.165) is 0 Å². The molecule has 0 bridgehead atoms. The molecule has 4 nitrogen and oxygen atoms in total. The van der Waals surface area contributed by atoms with E-state index < -0.39 is 6.09 Å². The van der Waals surface area contributed by atoms with Crippen molar-refractivity contribution in [3.8, 4) is 0 Å².